The summed E-state index contributed by atoms with van der Waals surface area (Å²) >= 11 is 0. The molecule has 0 aliphatic carbocycles. The predicted molar refractivity (Wildman–Crippen MR) is 63.8 cm³/mol. The van der Waals surface area contributed by atoms with E-state index in [0.717, 1.165) is 45.9 Å². The smallest absolute Gasteiger partial charge is 0.225 e. The largest absolute Gasteiger partial charge is 0.381 e. The van der Waals surface area contributed by atoms with Gasteiger partial charge >= 0.3 is 0 Å². The average molecular weight is 242 g/mol. The van der Waals surface area contributed by atoms with Gasteiger partial charge in [0.15, 0.2) is 0 Å². The van der Waals surface area contributed by atoms with Crippen LogP contribution in [0, 0.1) is 5.92 Å². The second kappa shape index (κ2) is 6.33. The van der Waals surface area contributed by atoms with Crippen molar-refractivity contribution in [2.45, 2.75) is 19.4 Å². The normalized spacial score (nSPS) is 30.4. The highest BCUT2D eigenvalue weighted by atomic mass is 16.5. The Bertz CT molecular complexity index is 254. The molecule has 5 heteroatoms. The van der Waals surface area contributed by atoms with Gasteiger partial charge in [0.2, 0.25) is 5.91 Å². The molecular weight excluding hydrogens is 220 g/mol. The summed E-state index contributed by atoms with van der Waals surface area (Å²) in [4.78, 5) is 14.1. The van der Waals surface area contributed by atoms with Gasteiger partial charge in [0, 0.05) is 32.3 Å². The maximum absolute atomic E-state index is 11.7. The van der Waals surface area contributed by atoms with E-state index in [1.54, 1.807) is 0 Å². The third-order valence-electron chi connectivity index (χ3n) is 3.50. The Morgan fingerprint density at radius 2 is 2.18 bits per heavy atom. The van der Waals surface area contributed by atoms with Crippen molar-refractivity contribution in [2.24, 2.45) is 5.92 Å². The van der Waals surface area contributed by atoms with Crippen LogP contribution in [0.3, 0.4) is 0 Å². The second-order valence-corrected chi connectivity index (χ2v) is 4.81. The minimum absolute atomic E-state index is 0.0668. The van der Waals surface area contributed by atoms with Crippen molar-refractivity contribution < 1.29 is 14.3 Å². The fourth-order valence-electron chi connectivity index (χ4n) is 2.30. The van der Waals surface area contributed by atoms with Crippen LogP contribution in [0.5, 0.6) is 0 Å². The first-order chi connectivity index (χ1) is 8.27. The zero-order valence-corrected chi connectivity index (χ0v) is 10.5. The van der Waals surface area contributed by atoms with Gasteiger partial charge in [0.25, 0.3) is 0 Å². The minimum Gasteiger partial charge on any atom is -0.381 e. The van der Waals surface area contributed by atoms with E-state index >= 15 is 0 Å². The van der Waals surface area contributed by atoms with Gasteiger partial charge in [-0.25, -0.2) is 0 Å². The van der Waals surface area contributed by atoms with Crippen molar-refractivity contribution in [1.29, 1.82) is 0 Å². The molecule has 1 N–H and O–H groups in total. The maximum atomic E-state index is 11.7. The van der Waals surface area contributed by atoms with Gasteiger partial charge in [0.1, 0.15) is 0 Å². The summed E-state index contributed by atoms with van der Waals surface area (Å²) in [7, 11) is 0. The van der Waals surface area contributed by atoms with E-state index in [1.807, 2.05) is 0 Å². The van der Waals surface area contributed by atoms with Crippen LogP contribution in [0.4, 0.5) is 0 Å². The fraction of sp³-hybridized carbons (Fsp3) is 0.917. The Balaban J connectivity index is 1.63. The van der Waals surface area contributed by atoms with E-state index < -0.39 is 0 Å². The zero-order chi connectivity index (χ0) is 12.1. The summed E-state index contributed by atoms with van der Waals surface area (Å²) in [5, 5.41) is 2.99. The standard InChI is InChI=1S/C12H22N2O3/c1-10-8-17-7-5-14(10)4-3-13-12(15)11-2-6-16-9-11/h10-11H,2-9H2,1H3,(H,13,15). The zero-order valence-electron chi connectivity index (χ0n) is 10.5. The van der Waals surface area contributed by atoms with Crippen LogP contribution < -0.4 is 5.32 Å². The molecule has 0 aromatic heterocycles. The molecule has 2 rings (SSSR count). The van der Waals surface area contributed by atoms with Gasteiger partial charge in [-0.05, 0) is 13.3 Å². The summed E-state index contributed by atoms with van der Waals surface area (Å²) in [6.07, 6.45) is 0.861. The number of hydrogen-bond donors (Lipinski definition) is 1. The van der Waals surface area contributed by atoms with Crippen molar-refractivity contribution >= 4 is 5.91 Å². The van der Waals surface area contributed by atoms with E-state index in [9.17, 15) is 4.79 Å². The molecular formula is C12H22N2O3. The molecule has 2 saturated heterocycles. The van der Waals surface area contributed by atoms with Crippen molar-refractivity contribution in [3.63, 3.8) is 0 Å². The first-order valence-corrected chi connectivity index (χ1v) is 6.44. The highest BCUT2D eigenvalue weighted by Crippen LogP contribution is 2.11. The molecule has 17 heavy (non-hydrogen) atoms. The molecule has 0 spiro atoms. The number of carbonyl (C=O) groups excluding carboxylic acids is 1. The predicted octanol–water partition coefficient (Wildman–Crippen LogP) is -0.140. The molecule has 0 saturated carbocycles. The lowest BCUT2D eigenvalue weighted by Crippen LogP contribution is -2.47. The number of carbonyl (C=O) groups is 1. The van der Waals surface area contributed by atoms with Crippen LogP contribution in [0.25, 0.3) is 0 Å². The van der Waals surface area contributed by atoms with Crippen molar-refractivity contribution in [3.05, 3.63) is 0 Å². The quantitative estimate of drug-likeness (QED) is 0.745. The Kier molecular flexibility index (Phi) is 4.76. The lowest BCUT2D eigenvalue weighted by atomic mass is 10.1. The van der Waals surface area contributed by atoms with E-state index in [-0.39, 0.29) is 11.8 Å². The summed E-state index contributed by atoms with van der Waals surface area (Å²) in [5.74, 6) is 0.209. The Labute approximate surface area is 102 Å². The number of morpholine rings is 1. The first-order valence-electron chi connectivity index (χ1n) is 6.44. The summed E-state index contributed by atoms with van der Waals surface area (Å²) in [6, 6.07) is 0.454. The maximum Gasteiger partial charge on any atom is 0.225 e. The number of ether oxygens (including phenoxy) is 2. The van der Waals surface area contributed by atoms with Crippen LogP contribution in [0.2, 0.25) is 0 Å². The van der Waals surface area contributed by atoms with Crippen LogP contribution in [0.1, 0.15) is 13.3 Å². The molecule has 0 radical (unpaired) electrons. The minimum atomic E-state index is 0.0668. The van der Waals surface area contributed by atoms with Crippen LogP contribution >= 0.6 is 0 Å². The monoisotopic (exact) mass is 242 g/mol. The van der Waals surface area contributed by atoms with Crippen molar-refractivity contribution in [3.8, 4) is 0 Å². The first kappa shape index (κ1) is 12.8. The molecule has 1 amide bonds. The Hall–Kier alpha value is -0.650. The van der Waals surface area contributed by atoms with Crippen molar-refractivity contribution in [1.82, 2.24) is 10.2 Å². The van der Waals surface area contributed by atoms with Crippen LogP contribution in [-0.4, -0.2) is 62.9 Å². The molecule has 0 aromatic rings. The number of hydrogen-bond acceptors (Lipinski definition) is 4. The van der Waals surface area contributed by atoms with Crippen LogP contribution in [-0.2, 0) is 14.3 Å². The van der Waals surface area contributed by atoms with E-state index in [4.69, 9.17) is 9.47 Å². The molecule has 0 bridgehead atoms. The van der Waals surface area contributed by atoms with Gasteiger partial charge in [-0.1, -0.05) is 0 Å². The molecule has 98 valence electrons. The van der Waals surface area contributed by atoms with Gasteiger partial charge in [0.05, 0.1) is 25.7 Å². The molecule has 2 fully saturated rings. The lowest BCUT2D eigenvalue weighted by molar-refractivity contribution is -0.125. The van der Waals surface area contributed by atoms with E-state index in [1.165, 1.54) is 0 Å². The van der Waals surface area contributed by atoms with Gasteiger partial charge < -0.3 is 14.8 Å². The molecule has 0 aromatic carbocycles. The summed E-state index contributed by atoms with van der Waals surface area (Å²) in [6.45, 7) is 7.65. The number of amides is 1. The summed E-state index contributed by atoms with van der Waals surface area (Å²) in [5.41, 5.74) is 0. The van der Waals surface area contributed by atoms with E-state index in [2.05, 4.69) is 17.1 Å². The number of nitrogens with one attached hydrogen (secondary N) is 1. The van der Waals surface area contributed by atoms with Gasteiger partial charge in [-0.2, -0.15) is 0 Å². The van der Waals surface area contributed by atoms with E-state index in [0.29, 0.717) is 12.6 Å². The molecule has 2 heterocycles. The highest BCUT2D eigenvalue weighted by molar-refractivity contribution is 5.78. The third-order valence-corrected chi connectivity index (χ3v) is 3.50. The van der Waals surface area contributed by atoms with Gasteiger partial charge in [-0.15, -0.1) is 0 Å². The Morgan fingerprint density at radius 3 is 2.88 bits per heavy atom. The SMILES string of the molecule is CC1COCCN1CCNC(=O)C1CCOC1. The number of nitrogens with zero attached hydrogens (tertiary/aromatic N) is 1. The van der Waals surface area contributed by atoms with Crippen LogP contribution in [0.15, 0.2) is 0 Å². The Morgan fingerprint density at radius 1 is 1.35 bits per heavy atom. The molecule has 2 aliphatic rings. The molecule has 2 unspecified atom stereocenters. The second-order valence-electron chi connectivity index (χ2n) is 4.81. The van der Waals surface area contributed by atoms with Crippen molar-refractivity contribution in [2.75, 3.05) is 46.1 Å². The molecule has 2 atom stereocenters. The molecule has 5 nitrogen and oxygen atoms in total. The molecule has 2 aliphatic heterocycles. The topological polar surface area (TPSA) is 50.8 Å². The fourth-order valence-corrected chi connectivity index (χ4v) is 2.30. The average Bonchev–Trinajstić information content (AvgIpc) is 2.85. The number of rotatable bonds is 4. The third kappa shape index (κ3) is 3.66. The highest BCUT2D eigenvalue weighted by Gasteiger charge is 2.23. The lowest BCUT2D eigenvalue weighted by Gasteiger charge is -2.33. The summed E-state index contributed by atoms with van der Waals surface area (Å²) < 4.78 is 10.6. The van der Waals surface area contributed by atoms with Gasteiger partial charge in [-0.3, -0.25) is 9.69 Å².